The number of rotatable bonds is 7. The molecule has 1 aromatic carbocycles. The molecule has 2 fully saturated rings. The van der Waals surface area contributed by atoms with E-state index in [1.165, 1.54) is 31.2 Å². The van der Waals surface area contributed by atoms with E-state index in [1.54, 1.807) is 12.5 Å². The van der Waals surface area contributed by atoms with Gasteiger partial charge in [-0.2, -0.15) is 9.97 Å². The molecule has 2 unspecified atom stereocenters. The Bertz CT molecular complexity index is 1260. The Hall–Kier alpha value is -3.39. The average molecular weight is 472 g/mol. The minimum atomic E-state index is 0.247. The molecule has 3 aromatic heterocycles. The van der Waals surface area contributed by atoms with Crippen LogP contribution in [0, 0.1) is 0 Å². The molecule has 0 bridgehead atoms. The van der Waals surface area contributed by atoms with Crippen molar-refractivity contribution in [2.75, 3.05) is 10.6 Å². The molecule has 0 saturated heterocycles. The summed E-state index contributed by atoms with van der Waals surface area (Å²) >= 11 is 0. The van der Waals surface area contributed by atoms with E-state index in [1.807, 2.05) is 12.4 Å². The summed E-state index contributed by atoms with van der Waals surface area (Å²) in [6.45, 7) is 0.655. The van der Waals surface area contributed by atoms with Gasteiger partial charge in [0.25, 0.3) is 0 Å². The third-order valence-electron chi connectivity index (χ3n) is 7.46. The number of nitrogens with one attached hydrogen (secondary N) is 2. The molecule has 35 heavy (non-hydrogen) atoms. The SMILES string of the molecule is NC1CCCC(Nc2nc(NCc3ccc(-c4ccoc4)cc3)c3ncn(C4CCCC4)c3n2)C1. The number of anilines is 2. The maximum Gasteiger partial charge on any atom is 0.227 e. The van der Waals surface area contributed by atoms with E-state index in [-0.39, 0.29) is 6.04 Å². The summed E-state index contributed by atoms with van der Waals surface area (Å²) in [5.74, 6) is 1.43. The third kappa shape index (κ3) is 4.75. The molecular weight excluding hydrogens is 438 g/mol. The van der Waals surface area contributed by atoms with Gasteiger partial charge in [-0.05, 0) is 55.7 Å². The van der Waals surface area contributed by atoms with Gasteiger partial charge in [0.1, 0.15) is 0 Å². The smallest absolute Gasteiger partial charge is 0.227 e. The van der Waals surface area contributed by atoms with Gasteiger partial charge in [-0.1, -0.05) is 37.1 Å². The lowest BCUT2D eigenvalue weighted by atomic mass is 9.92. The third-order valence-corrected chi connectivity index (χ3v) is 7.46. The Morgan fingerprint density at radius 1 is 0.971 bits per heavy atom. The lowest BCUT2D eigenvalue weighted by molar-refractivity contribution is 0.408. The van der Waals surface area contributed by atoms with Crippen LogP contribution in [0.2, 0.25) is 0 Å². The fourth-order valence-electron chi connectivity index (χ4n) is 5.52. The standard InChI is InChI=1S/C27H33N7O/c28-21-4-3-5-22(14-21)31-27-32-25(24-26(33-27)34(17-30-24)23-6-1-2-7-23)29-15-18-8-10-19(11-9-18)20-12-13-35-16-20/h8-13,16-17,21-23H,1-7,14-15,28H2,(H2,29,31,32,33). The zero-order chi connectivity index (χ0) is 23.6. The second-order valence-electron chi connectivity index (χ2n) is 9.99. The van der Waals surface area contributed by atoms with Crippen LogP contribution >= 0.6 is 0 Å². The van der Waals surface area contributed by atoms with Gasteiger partial charge in [-0.25, -0.2) is 4.98 Å². The van der Waals surface area contributed by atoms with E-state index >= 15 is 0 Å². The van der Waals surface area contributed by atoms with Crippen LogP contribution < -0.4 is 16.4 Å². The van der Waals surface area contributed by atoms with Gasteiger partial charge in [-0.3, -0.25) is 0 Å². The monoisotopic (exact) mass is 471 g/mol. The predicted octanol–water partition coefficient (Wildman–Crippen LogP) is 5.50. The summed E-state index contributed by atoms with van der Waals surface area (Å²) in [5, 5.41) is 7.12. The first-order valence-corrected chi connectivity index (χ1v) is 12.8. The summed E-state index contributed by atoms with van der Waals surface area (Å²) in [7, 11) is 0. The van der Waals surface area contributed by atoms with Crippen molar-refractivity contribution < 1.29 is 4.42 Å². The van der Waals surface area contributed by atoms with E-state index < -0.39 is 0 Å². The van der Waals surface area contributed by atoms with Gasteiger partial charge >= 0.3 is 0 Å². The normalized spacial score (nSPS) is 20.9. The minimum absolute atomic E-state index is 0.247. The lowest BCUT2D eigenvalue weighted by Crippen LogP contribution is -2.35. The molecule has 2 saturated carbocycles. The number of fused-ring (bicyclic) bond motifs is 1. The largest absolute Gasteiger partial charge is 0.472 e. The lowest BCUT2D eigenvalue weighted by Gasteiger charge is -2.27. The highest BCUT2D eigenvalue weighted by Crippen LogP contribution is 2.33. The predicted molar refractivity (Wildman–Crippen MR) is 138 cm³/mol. The second kappa shape index (κ2) is 9.70. The number of nitrogens with zero attached hydrogens (tertiary/aromatic N) is 4. The molecule has 4 aromatic rings. The van der Waals surface area contributed by atoms with Crippen molar-refractivity contribution in [1.82, 2.24) is 19.5 Å². The second-order valence-corrected chi connectivity index (χ2v) is 9.99. The Morgan fingerprint density at radius 3 is 2.60 bits per heavy atom. The Morgan fingerprint density at radius 2 is 1.83 bits per heavy atom. The fraction of sp³-hybridized carbons (Fsp3) is 0.444. The molecule has 182 valence electrons. The first kappa shape index (κ1) is 22.1. The van der Waals surface area contributed by atoms with Crippen LogP contribution in [0.3, 0.4) is 0 Å². The zero-order valence-electron chi connectivity index (χ0n) is 20.0. The highest BCUT2D eigenvalue weighted by Gasteiger charge is 2.24. The molecule has 0 radical (unpaired) electrons. The topological polar surface area (TPSA) is 107 Å². The van der Waals surface area contributed by atoms with E-state index in [9.17, 15) is 0 Å². The van der Waals surface area contributed by atoms with Gasteiger partial charge in [0, 0.05) is 30.2 Å². The number of imidazole rings is 1. The highest BCUT2D eigenvalue weighted by atomic mass is 16.3. The van der Waals surface area contributed by atoms with Gasteiger partial charge < -0.3 is 25.4 Å². The summed E-state index contributed by atoms with van der Waals surface area (Å²) in [6, 6.07) is 11.5. The Labute approximate surface area is 205 Å². The summed E-state index contributed by atoms with van der Waals surface area (Å²) < 4.78 is 7.46. The van der Waals surface area contributed by atoms with Crippen LogP contribution in [0.4, 0.5) is 11.8 Å². The van der Waals surface area contributed by atoms with Crippen LogP contribution in [0.25, 0.3) is 22.3 Å². The molecule has 0 aliphatic heterocycles. The summed E-state index contributed by atoms with van der Waals surface area (Å²) in [4.78, 5) is 14.6. The maximum atomic E-state index is 6.23. The molecule has 4 N–H and O–H groups in total. The first-order valence-electron chi connectivity index (χ1n) is 12.8. The zero-order valence-corrected chi connectivity index (χ0v) is 20.0. The molecule has 0 spiro atoms. The van der Waals surface area contributed by atoms with Crippen molar-refractivity contribution >= 4 is 22.9 Å². The van der Waals surface area contributed by atoms with Crippen molar-refractivity contribution in [2.45, 2.75) is 76.0 Å². The van der Waals surface area contributed by atoms with Crippen LogP contribution in [0.1, 0.15) is 63.0 Å². The molecule has 2 atom stereocenters. The number of hydrogen-bond donors (Lipinski definition) is 3. The minimum Gasteiger partial charge on any atom is -0.472 e. The van der Waals surface area contributed by atoms with E-state index in [0.29, 0.717) is 24.6 Å². The molecule has 8 nitrogen and oxygen atoms in total. The molecule has 8 heteroatoms. The van der Waals surface area contributed by atoms with Crippen LogP contribution in [0.15, 0.2) is 53.6 Å². The van der Waals surface area contributed by atoms with Gasteiger partial charge in [0.05, 0.1) is 18.9 Å². The van der Waals surface area contributed by atoms with E-state index in [2.05, 4.69) is 39.5 Å². The van der Waals surface area contributed by atoms with Crippen LogP contribution in [0.5, 0.6) is 0 Å². The number of hydrogen-bond acceptors (Lipinski definition) is 7. The number of furan rings is 1. The summed E-state index contributed by atoms with van der Waals surface area (Å²) in [5.41, 5.74) is 11.4. The molecule has 2 aliphatic rings. The van der Waals surface area contributed by atoms with E-state index in [4.69, 9.17) is 25.1 Å². The number of nitrogens with two attached hydrogens (primary N) is 1. The maximum absolute atomic E-state index is 6.23. The molecule has 2 aliphatic carbocycles. The van der Waals surface area contributed by atoms with Crippen molar-refractivity contribution in [1.29, 1.82) is 0 Å². The van der Waals surface area contributed by atoms with Crippen LogP contribution in [-0.4, -0.2) is 31.6 Å². The van der Waals surface area contributed by atoms with E-state index in [0.717, 1.165) is 53.8 Å². The van der Waals surface area contributed by atoms with Crippen molar-refractivity contribution in [2.24, 2.45) is 5.73 Å². The molecule has 0 amide bonds. The first-order chi connectivity index (χ1) is 17.2. The van der Waals surface area contributed by atoms with Crippen molar-refractivity contribution in [3.63, 3.8) is 0 Å². The highest BCUT2D eigenvalue weighted by molar-refractivity contribution is 5.84. The van der Waals surface area contributed by atoms with Gasteiger partial charge in [0.2, 0.25) is 5.95 Å². The quantitative estimate of drug-likeness (QED) is 0.327. The summed E-state index contributed by atoms with van der Waals surface area (Å²) in [6.07, 6.45) is 14.6. The van der Waals surface area contributed by atoms with Crippen molar-refractivity contribution in [3.05, 3.63) is 54.7 Å². The number of benzene rings is 1. The molecular formula is C27H33N7O. The average Bonchev–Trinajstić information content (AvgIpc) is 3.65. The van der Waals surface area contributed by atoms with Crippen LogP contribution in [-0.2, 0) is 6.54 Å². The Balaban J connectivity index is 1.26. The molecule has 6 rings (SSSR count). The van der Waals surface area contributed by atoms with Crippen molar-refractivity contribution in [3.8, 4) is 11.1 Å². The molecule has 3 heterocycles. The Kier molecular flexibility index (Phi) is 6.12. The number of aromatic nitrogens is 4. The fourth-order valence-corrected chi connectivity index (χ4v) is 5.52. The van der Waals surface area contributed by atoms with Gasteiger partial charge in [-0.15, -0.1) is 0 Å². The van der Waals surface area contributed by atoms with Gasteiger partial charge in [0.15, 0.2) is 17.0 Å².